The van der Waals surface area contributed by atoms with Gasteiger partial charge in [0.2, 0.25) is 0 Å². The summed E-state index contributed by atoms with van der Waals surface area (Å²) in [5.41, 5.74) is 2.80. The molecule has 0 bridgehead atoms. The van der Waals surface area contributed by atoms with Crippen LogP contribution in [0.15, 0.2) is 42.7 Å². The van der Waals surface area contributed by atoms with Crippen LogP contribution in [0.5, 0.6) is 0 Å². The molecular formula is C20H24FN3O2S. The molecule has 1 aromatic carbocycles. The van der Waals surface area contributed by atoms with Gasteiger partial charge >= 0.3 is 0 Å². The van der Waals surface area contributed by atoms with Gasteiger partial charge in [-0.3, -0.25) is 14.8 Å². The highest BCUT2D eigenvalue weighted by Gasteiger charge is 2.46. The Balaban J connectivity index is 1.53. The van der Waals surface area contributed by atoms with Crippen LogP contribution in [0.25, 0.3) is 0 Å². The molecule has 2 atom stereocenters. The van der Waals surface area contributed by atoms with Crippen molar-refractivity contribution in [2.24, 2.45) is 0 Å². The first kappa shape index (κ1) is 18.5. The maximum Gasteiger partial charge on any atom is 0.153 e. The summed E-state index contributed by atoms with van der Waals surface area (Å²) in [5.74, 6) is 0.203. The van der Waals surface area contributed by atoms with Gasteiger partial charge in [-0.15, -0.1) is 0 Å². The van der Waals surface area contributed by atoms with E-state index in [0.29, 0.717) is 12.1 Å². The quantitative estimate of drug-likeness (QED) is 0.801. The van der Waals surface area contributed by atoms with Gasteiger partial charge in [0.25, 0.3) is 0 Å². The monoisotopic (exact) mass is 389 g/mol. The summed E-state index contributed by atoms with van der Waals surface area (Å²) in [5, 5.41) is 0. The molecule has 0 amide bonds. The number of hydrogen-bond donors (Lipinski definition) is 0. The molecule has 2 fully saturated rings. The van der Waals surface area contributed by atoms with Crippen LogP contribution < -0.4 is 0 Å². The SMILES string of the molecule is Cc1cc(CN2CCN(Cc3ccncc3)[C@@H]3CS(=O)(=O)C[C@@H]32)ccc1F. The molecule has 0 radical (unpaired) electrons. The van der Waals surface area contributed by atoms with Crippen LogP contribution in [0.4, 0.5) is 4.39 Å². The Labute approximate surface area is 159 Å². The van der Waals surface area contributed by atoms with E-state index in [1.54, 1.807) is 25.4 Å². The molecule has 7 heteroatoms. The van der Waals surface area contributed by atoms with Gasteiger partial charge in [-0.1, -0.05) is 12.1 Å². The first-order valence-corrected chi connectivity index (χ1v) is 11.1. The van der Waals surface area contributed by atoms with E-state index in [4.69, 9.17) is 0 Å². The number of rotatable bonds is 4. The van der Waals surface area contributed by atoms with Crippen LogP contribution in [0.3, 0.4) is 0 Å². The largest absolute Gasteiger partial charge is 0.292 e. The van der Waals surface area contributed by atoms with Crippen LogP contribution in [0.2, 0.25) is 0 Å². The molecule has 144 valence electrons. The average molecular weight is 389 g/mol. The fourth-order valence-electron chi connectivity index (χ4n) is 4.25. The zero-order valence-electron chi connectivity index (χ0n) is 15.4. The third kappa shape index (κ3) is 4.05. The summed E-state index contributed by atoms with van der Waals surface area (Å²) in [6.07, 6.45) is 3.54. The molecule has 5 nitrogen and oxygen atoms in total. The summed E-state index contributed by atoms with van der Waals surface area (Å²) >= 11 is 0. The molecule has 4 rings (SSSR count). The Bertz CT molecular complexity index is 920. The maximum atomic E-state index is 13.5. The molecule has 0 aliphatic carbocycles. The molecule has 0 N–H and O–H groups in total. The number of aromatic nitrogens is 1. The molecule has 27 heavy (non-hydrogen) atoms. The number of fused-ring (bicyclic) bond motifs is 1. The highest BCUT2D eigenvalue weighted by molar-refractivity contribution is 7.91. The molecule has 0 saturated carbocycles. The van der Waals surface area contributed by atoms with Gasteiger partial charge in [0.15, 0.2) is 9.84 Å². The standard InChI is InChI=1S/C20H24FN3O2S/c1-15-10-17(2-3-18(15)21)12-24-9-8-23(11-16-4-6-22-7-5-16)19-13-27(25,26)14-20(19)24/h2-7,10,19-20H,8-9,11-14H2,1H3/t19-,20+/m1/s1. The normalized spacial score (nSPS) is 25.4. The lowest BCUT2D eigenvalue weighted by Gasteiger charge is -2.44. The van der Waals surface area contributed by atoms with Crippen LogP contribution >= 0.6 is 0 Å². The molecular weight excluding hydrogens is 365 g/mol. The van der Waals surface area contributed by atoms with Crippen molar-refractivity contribution in [2.75, 3.05) is 24.6 Å². The Morgan fingerprint density at radius 2 is 1.59 bits per heavy atom. The minimum Gasteiger partial charge on any atom is -0.292 e. The van der Waals surface area contributed by atoms with Gasteiger partial charge in [0, 0.05) is 50.7 Å². The van der Waals surface area contributed by atoms with Crippen molar-refractivity contribution in [3.63, 3.8) is 0 Å². The molecule has 2 aliphatic heterocycles. The predicted octanol–water partition coefficient (Wildman–Crippen LogP) is 2.01. The van der Waals surface area contributed by atoms with E-state index in [9.17, 15) is 12.8 Å². The van der Waals surface area contributed by atoms with Crippen molar-refractivity contribution in [1.82, 2.24) is 14.8 Å². The van der Waals surface area contributed by atoms with E-state index in [1.807, 2.05) is 18.2 Å². The van der Waals surface area contributed by atoms with Crippen LogP contribution in [-0.4, -0.2) is 59.9 Å². The average Bonchev–Trinajstić information content (AvgIpc) is 2.97. The minimum atomic E-state index is -3.05. The Kier molecular flexibility index (Phi) is 5.01. The first-order chi connectivity index (χ1) is 12.9. The van der Waals surface area contributed by atoms with Crippen molar-refractivity contribution in [3.05, 3.63) is 65.2 Å². The van der Waals surface area contributed by atoms with Gasteiger partial charge < -0.3 is 0 Å². The minimum absolute atomic E-state index is 0.00143. The summed E-state index contributed by atoms with van der Waals surface area (Å²) < 4.78 is 38.3. The summed E-state index contributed by atoms with van der Waals surface area (Å²) in [4.78, 5) is 8.59. The van der Waals surface area contributed by atoms with Crippen molar-refractivity contribution in [3.8, 4) is 0 Å². The third-order valence-electron chi connectivity index (χ3n) is 5.65. The number of nitrogens with zero attached hydrogens (tertiary/aromatic N) is 3. The number of aryl methyl sites for hydroxylation is 1. The third-order valence-corrected chi connectivity index (χ3v) is 7.35. The van der Waals surface area contributed by atoms with Crippen molar-refractivity contribution in [1.29, 1.82) is 0 Å². The van der Waals surface area contributed by atoms with Crippen LogP contribution in [0.1, 0.15) is 16.7 Å². The topological polar surface area (TPSA) is 53.5 Å². The molecule has 3 heterocycles. The van der Waals surface area contributed by atoms with Crippen LogP contribution in [0, 0.1) is 12.7 Å². The van der Waals surface area contributed by atoms with Gasteiger partial charge in [-0.25, -0.2) is 12.8 Å². The lowest BCUT2D eigenvalue weighted by atomic mass is 10.0. The molecule has 2 aromatic rings. The van der Waals surface area contributed by atoms with Crippen molar-refractivity contribution >= 4 is 9.84 Å². The van der Waals surface area contributed by atoms with Gasteiger partial charge in [-0.05, 0) is 41.8 Å². The van der Waals surface area contributed by atoms with E-state index < -0.39 is 9.84 Å². The van der Waals surface area contributed by atoms with E-state index >= 15 is 0 Å². The van der Waals surface area contributed by atoms with Gasteiger partial charge in [0.05, 0.1) is 11.5 Å². The molecule has 0 unspecified atom stereocenters. The van der Waals surface area contributed by atoms with Crippen LogP contribution in [-0.2, 0) is 22.9 Å². The van der Waals surface area contributed by atoms with Gasteiger partial charge in [-0.2, -0.15) is 0 Å². The number of hydrogen-bond acceptors (Lipinski definition) is 5. The summed E-state index contributed by atoms with van der Waals surface area (Å²) in [6, 6.07) is 9.08. The molecule has 2 saturated heterocycles. The Morgan fingerprint density at radius 1 is 1.00 bits per heavy atom. The molecule has 1 aromatic heterocycles. The van der Waals surface area contributed by atoms with E-state index in [-0.39, 0.29) is 29.4 Å². The smallest absolute Gasteiger partial charge is 0.153 e. The number of benzene rings is 1. The lowest BCUT2D eigenvalue weighted by molar-refractivity contribution is 0.0355. The zero-order valence-corrected chi connectivity index (χ0v) is 16.2. The summed E-state index contributed by atoms with van der Waals surface area (Å²) in [6.45, 7) is 4.77. The molecule has 2 aliphatic rings. The van der Waals surface area contributed by atoms with Crippen molar-refractivity contribution < 1.29 is 12.8 Å². The second kappa shape index (κ2) is 7.30. The lowest BCUT2D eigenvalue weighted by Crippen LogP contribution is -2.58. The number of halogens is 1. The maximum absolute atomic E-state index is 13.5. The Morgan fingerprint density at radius 3 is 2.19 bits per heavy atom. The summed E-state index contributed by atoms with van der Waals surface area (Å²) in [7, 11) is -3.05. The number of sulfone groups is 1. The first-order valence-electron chi connectivity index (χ1n) is 9.24. The Hall–Kier alpha value is -1.83. The van der Waals surface area contributed by atoms with E-state index in [2.05, 4.69) is 14.8 Å². The zero-order chi connectivity index (χ0) is 19.0. The van der Waals surface area contributed by atoms with E-state index in [0.717, 1.165) is 30.8 Å². The molecule has 0 spiro atoms. The highest BCUT2D eigenvalue weighted by Crippen LogP contribution is 2.29. The second-order valence-electron chi connectivity index (χ2n) is 7.59. The second-order valence-corrected chi connectivity index (χ2v) is 9.75. The number of piperazine rings is 1. The highest BCUT2D eigenvalue weighted by atomic mass is 32.2. The predicted molar refractivity (Wildman–Crippen MR) is 102 cm³/mol. The number of pyridine rings is 1. The van der Waals surface area contributed by atoms with E-state index in [1.165, 1.54) is 6.07 Å². The van der Waals surface area contributed by atoms with Crippen molar-refractivity contribution in [2.45, 2.75) is 32.1 Å². The van der Waals surface area contributed by atoms with Gasteiger partial charge in [0.1, 0.15) is 5.82 Å². The fraction of sp³-hybridized carbons (Fsp3) is 0.450. The fourth-order valence-corrected chi connectivity index (χ4v) is 6.29.